The molecule has 2 aromatic rings. The summed E-state index contributed by atoms with van der Waals surface area (Å²) in [6.45, 7) is 12.0. The number of aryl methyl sites for hydroxylation is 2. The van der Waals surface area contributed by atoms with Gasteiger partial charge < -0.3 is 15.2 Å². The fourth-order valence-electron chi connectivity index (χ4n) is 2.43. The maximum Gasteiger partial charge on any atom is 0.191 e. The van der Waals surface area contributed by atoms with E-state index >= 15 is 0 Å². The van der Waals surface area contributed by atoms with Crippen molar-refractivity contribution < 1.29 is 4.52 Å². The SMILES string of the molecule is CCc1noc(CC)c1CNC(=NC)NCc1nc(C(C)(C)C)cs1. The highest BCUT2D eigenvalue weighted by Crippen LogP contribution is 2.23. The molecule has 0 aromatic carbocycles. The fourth-order valence-corrected chi connectivity index (χ4v) is 3.39. The topological polar surface area (TPSA) is 75.3 Å². The number of nitrogens with one attached hydrogen (secondary N) is 2. The number of aliphatic imine (C=N–C) groups is 1. The molecule has 0 saturated carbocycles. The molecule has 0 atom stereocenters. The van der Waals surface area contributed by atoms with E-state index in [0.29, 0.717) is 13.1 Å². The lowest BCUT2D eigenvalue weighted by Gasteiger charge is -2.14. The van der Waals surface area contributed by atoms with Crippen LogP contribution in [0, 0.1) is 0 Å². The Morgan fingerprint density at radius 2 is 1.92 bits per heavy atom. The van der Waals surface area contributed by atoms with Gasteiger partial charge in [-0.15, -0.1) is 11.3 Å². The highest BCUT2D eigenvalue weighted by molar-refractivity contribution is 7.09. The molecule has 2 heterocycles. The summed E-state index contributed by atoms with van der Waals surface area (Å²) in [5, 5.41) is 14.0. The Kier molecular flexibility index (Phi) is 6.58. The molecule has 0 fully saturated rings. The van der Waals surface area contributed by atoms with Gasteiger partial charge in [0, 0.05) is 36.4 Å². The van der Waals surface area contributed by atoms with Gasteiger partial charge in [-0.3, -0.25) is 4.99 Å². The molecule has 2 N–H and O–H groups in total. The van der Waals surface area contributed by atoms with Gasteiger partial charge in [0.15, 0.2) is 5.96 Å². The lowest BCUT2D eigenvalue weighted by Crippen LogP contribution is -2.36. The first-order valence-electron chi connectivity index (χ1n) is 8.74. The van der Waals surface area contributed by atoms with Gasteiger partial charge in [-0.1, -0.05) is 39.8 Å². The minimum absolute atomic E-state index is 0.0794. The van der Waals surface area contributed by atoms with Crippen LogP contribution in [0.2, 0.25) is 0 Å². The molecule has 0 aliphatic heterocycles. The van der Waals surface area contributed by atoms with E-state index < -0.39 is 0 Å². The summed E-state index contributed by atoms with van der Waals surface area (Å²) in [6, 6.07) is 0. The molecule has 0 bridgehead atoms. The van der Waals surface area contributed by atoms with Crippen LogP contribution < -0.4 is 10.6 Å². The van der Waals surface area contributed by atoms with Gasteiger partial charge >= 0.3 is 0 Å². The largest absolute Gasteiger partial charge is 0.361 e. The number of rotatable bonds is 6. The first-order valence-corrected chi connectivity index (χ1v) is 9.62. The molecule has 0 aliphatic carbocycles. The van der Waals surface area contributed by atoms with Gasteiger partial charge in [-0.05, 0) is 6.42 Å². The normalized spacial score (nSPS) is 12.5. The van der Waals surface area contributed by atoms with Crippen LogP contribution in [-0.2, 0) is 31.3 Å². The highest BCUT2D eigenvalue weighted by atomic mass is 32.1. The number of aromatic nitrogens is 2. The van der Waals surface area contributed by atoms with Gasteiger partial charge in [-0.25, -0.2) is 4.98 Å². The third-order valence-corrected chi connectivity index (χ3v) is 4.84. The van der Waals surface area contributed by atoms with E-state index in [1.807, 2.05) is 0 Å². The Morgan fingerprint density at radius 3 is 2.48 bits per heavy atom. The monoisotopic (exact) mass is 363 g/mol. The van der Waals surface area contributed by atoms with E-state index in [-0.39, 0.29) is 5.41 Å². The van der Waals surface area contributed by atoms with Crippen LogP contribution in [0.15, 0.2) is 14.9 Å². The Labute approximate surface area is 154 Å². The maximum absolute atomic E-state index is 5.41. The second-order valence-electron chi connectivity index (χ2n) is 6.89. The van der Waals surface area contributed by atoms with E-state index in [9.17, 15) is 0 Å². The third kappa shape index (κ3) is 5.04. The summed E-state index contributed by atoms with van der Waals surface area (Å²) in [4.78, 5) is 8.99. The molecule has 0 unspecified atom stereocenters. The van der Waals surface area contributed by atoms with Crippen LogP contribution in [0.3, 0.4) is 0 Å². The van der Waals surface area contributed by atoms with Crippen molar-refractivity contribution in [2.75, 3.05) is 7.05 Å². The van der Waals surface area contributed by atoms with Crippen LogP contribution in [0.4, 0.5) is 0 Å². The first-order chi connectivity index (χ1) is 11.9. The molecule has 6 nitrogen and oxygen atoms in total. The highest BCUT2D eigenvalue weighted by Gasteiger charge is 2.17. The van der Waals surface area contributed by atoms with Gasteiger partial charge in [-0.2, -0.15) is 0 Å². The van der Waals surface area contributed by atoms with E-state index in [1.165, 1.54) is 0 Å². The van der Waals surface area contributed by atoms with Crippen LogP contribution in [0.5, 0.6) is 0 Å². The molecular formula is C18H29N5OS. The molecule has 0 aliphatic rings. The zero-order valence-corrected chi connectivity index (χ0v) is 16.9. The summed E-state index contributed by atoms with van der Waals surface area (Å²) in [5.41, 5.74) is 3.35. The summed E-state index contributed by atoms with van der Waals surface area (Å²) in [6.07, 6.45) is 1.70. The Morgan fingerprint density at radius 1 is 1.20 bits per heavy atom. The quantitative estimate of drug-likeness (QED) is 0.607. The number of nitrogens with zero attached hydrogens (tertiary/aromatic N) is 3. The molecule has 25 heavy (non-hydrogen) atoms. The lowest BCUT2D eigenvalue weighted by molar-refractivity contribution is 0.380. The molecule has 7 heteroatoms. The summed E-state index contributed by atoms with van der Waals surface area (Å²) >= 11 is 1.68. The number of guanidine groups is 1. The summed E-state index contributed by atoms with van der Waals surface area (Å²) in [7, 11) is 1.77. The van der Waals surface area contributed by atoms with Gasteiger partial charge in [0.25, 0.3) is 0 Å². The van der Waals surface area contributed by atoms with Crippen molar-refractivity contribution in [2.45, 2.75) is 66.0 Å². The van der Waals surface area contributed by atoms with Crippen molar-refractivity contribution in [3.63, 3.8) is 0 Å². The third-order valence-electron chi connectivity index (χ3n) is 3.99. The average molecular weight is 364 g/mol. The molecule has 0 spiro atoms. The molecular weight excluding hydrogens is 334 g/mol. The zero-order valence-electron chi connectivity index (χ0n) is 16.1. The average Bonchev–Trinajstić information content (AvgIpc) is 3.20. The second kappa shape index (κ2) is 8.47. The van der Waals surface area contributed by atoms with Crippen LogP contribution in [0.25, 0.3) is 0 Å². The maximum atomic E-state index is 5.41. The lowest BCUT2D eigenvalue weighted by atomic mass is 9.93. The van der Waals surface area contributed by atoms with Crippen molar-refractivity contribution in [3.05, 3.63) is 33.1 Å². The zero-order chi connectivity index (χ0) is 18.4. The minimum atomic E-state index is 0.0794. The number of hydrogen-bond acceptors (Lipinski definition) is 5. The minimum Gasteiger partial charge on any atom is -0.361 e. The number of hydrogen-bond donors (Lipinski definition) is 2. The van der Waals surface area contributed by atoms with E-state index in [2.05, 4.69) is 60.8 Å². The molecule has 0 amide bonds. The van der Waals surface area contributed by atoms with E-state index in [0.717, 1.165) is 46.5 Å². The molecule has 138 valence electrons. The van der Waals surface area contributed by atoms with Gasteiger partial charge in [0.2, 0.25) is 0 Å². The van der Waals surface area contributed by atoms with Gasteiger partial charge in [0.05, 0.1) is 17.9 Å². The Balaban J connectivity index is 1.93. The fraction of sp³-hybridized carbons (Fsp3) is 0.611. The van der Waals surface area contributed by atoms with Crippen molar-refractivity contribution in [1.82, 2.24) is 20.8 Å². The first kappa shape index (κ1) is 19.4. The van der Waals surface area contributed by atoms with Crippen molar-refractivity contribution in [3.8, 4) is 0 Å². The standard InChI is InChI=1S/C18H29N5OS/c1-7-13-12(14(8-2)24-23-13)9-20-17(19-6)21-10-16-22-15(11-25-16)18(3,4)5/h11H,7-10H2,1-6H3,(H2,19,20,21). The Hall–Kier alpha value is -1.89. The second-order valence-corrected chi connectivity index (χ2v) is 7.84. The summed E-state index contributed by atoms with van der Waals surface area (Å²) in [5.74, 6) is 1.69. The van der Waals surface area contributed by atoms with Crippen LogP contribution in [0.1, 0.15) is 62.3 Å². The van der Waals surface area contributed by atoms with Crippen molar-refractivity contribution >= 4 is 17.3 Å². The summed E-state index contributed by atoms with van der Waals surface area (Å²) < 4.78 is 5.41. The van der Waals surface area contributed by atoms with E-state index in [1.54, 1.807) is 18.4 Å². The van der Waals surface area contributed by atoms with Gasteiger partial charge in [0.1, 0.15) is 10.8 Å². The van der Waals surface area contributed by atoms with Crippen LogP contribution in [-0.4, -0.2) is 23.1 Å². The Bertz CT molecular complexity index is 690. The van der Waals surface area contributed by atoms with Crippen molar-refractivity contribution in [1.29, 1.82) is 0 Å². The van der Waals surface area contributed by atoms with Crippen LogP contribution >= 0.6 is 11.3 Å². The van der Waals surface area contributed by atoms with Crippen molar-refractivity contribution in [2.24, 2.45) is 4.99 Å². The van der Waals surface area contributed by atoms with E-state index in [4.69, 9.17) is 9.51 Å². The molecule has 2 aromatic heterocycles. The number of thiazole rings is 1. The molecule has 0 radical (unpaired) electrons. The molecule has 0 saturated heterocycles. The predicted octanol–water partition coefficient (Wildman–Crippen LogP) is 3.42. The predicted molar refractivity (Wildman–Crippen MR) is 103 cm³/mol. The molecule has 2 rings (SSSR count). The smallest absolute Gasteiger partial charge is 0.191 e.